The minimum atomic E-state index is -1.32. The standard InChI is InChI=1S/C10H13FO2S/c1-8(13-2)7-14(12)10-6-4-3-5-9(10)11/h3-6,8H,7H2,1-2H3. The van der Waals surface area contributed by atoms with Crippen LogP contribution in [0.2, 0.25) is 0 Å². The van der Waals surface area contributed by atoms with Gasteiger partial charge in [0.2, 0.25) is 0 Å². The first-order chi connectivity index (χ1) is 6.65. The molecule has 1 rings (SSSR count). The quantitative estimate of drug-likeness (QED) is 0.769. The zero-order valence-corrected chi connectivity index (χ0v) is 9.01. The largest absolute Gasteiger partial charge is 0.381 e. The maximum Gasteiger partial charge on any atom is 0.139 e. The third-order valence-electron chi connectivity index (χ3n) is 1.87. The van der Waals surface area contributed by atoms with Crippen LogP contribution in [0.1, 0.15) is 6.92 Å². The van der Waals surface area contributed by atoms with Crippen LogP contribution in [-0.2, 0) is 15.5 Å². The summed E-state index contributed by atoms with van der Waals surface area (Å²) in [4.78, 5) is 0.247. The van der Waals surface area contributed by atoms with Crippen molar-refractivity contribution < 1.29 is 13.3 Å². The molecule has 0 fully saturated rings. The first-order valence-corrected chi connectivity index (χ1v) is 5.62. The summed E-state index contributed by atoms with van der Waals surface area (Å²) in [5.74, 6) is -0.105. The molecule has 1 aromatic carbocycles. The Morgan fingerprint density at radius 1 is 1.50 bits per heavy atom. The number of halogens is 1. The van der Waals surface area contributed by atoms with Crippen LogP contribution in [0.3, 0.4) is 0 Å². The van der Waals surface area contributed by atoms with E-state index >= 15 is 0 Å². The van der Waals surface area contributed by atoms with Gasteiger partial charge >= 0.3 is 0 Å². The van der Waals surface area contributed by atoms with E-state index in [0.29, 0.717) is 5.75 Å². The van der Waals surface area contributed by atoms with Crippen molar-refractivity contribution in [3.05, 3.63) is 30.1 Å². The van der Waals surface area contributed by atoms with E-state index in [1.54, 1.807) is 26.2 Å². The van der Waals surface area contributed by atoms with E-state index < -0.39 is 16.6 Å². The second-order valence-electron chi connectivity index (χ2n) is 2.99. The maximum absolute atomic E-state index is 13.2. The Morgan fingerprint density at radius 2 is 2.14 bits per heavy atom. The highest BCUT2D eigenvalue weighted by molar-refractivity contribution is 7.85. The van der Waals surface area contributed by atoms with Crippen LogP contribution < -0.4 is 0 Å². The topological polar surface area (TPSA) is 26.3 Å². The molecule has 0 saturated heterocycles. The molecule has 0 amide bonds. The minimum absolute atomic E-state index is 0.129. The molecule has 14 heavy (non-hydrogen) atoms. The van der Waals surface area contributed by atoms with Gasteiger partial charge in [0.15, 0.2) is 0 Å². The van der Waals surface area contributed by atoms with Gasteiger partial charge < -0.3 is 4.74 Å². The van der Waals surface area contributed by atoms with Crippen molar-refractivity contribution >= 4 is 10.8 Å². The third-order valence-corrected chi connectivity index (χ3v) is 3.46. The van der Waals surface area contributed by atoms with Crippen molar-refractivity contribution in [2.75, 3.05) is 12.9 Å². The van der Waals surface area contributed by atoms with Gasteiger partial charge in [0.05, 0.1) is 27.6 Å². The normalized spacial score (nSPS) is 15.1. The number of methoxy groups -OCH3 is 1. The van der Waals surface area contributed by atoms with Crippen molar-refractivity contribution in [2.45, 2.75) is 17.9 Å². The van der Waals surface area contributed by atoms with Crippen LogP contribution in [-0.4, -0.2) is 23.2 Å². The Balaban J connectivity index is 2.75. The average molecular weight is 216 g/mol. The van der Waals surface area contributed by atoms with Gasteiger partial charge in [-0.05, 0) is 19.1 Å². The molecule has 2 atom stereocenters. The lowest BCUT2D eigenvalue weighted by Gasteiger charge is -2.09. The van der Waals surface area contributed by atoms with Crippen LogP contribution in [0.15, 0.2) is 29.2 Å². The fourth-order valence-electron chi connectivity index (χ4n) is 1.00. The van der Waals surface area contributed by atoms with Gasteiger partial charge in [-0.2, -0.15) is 0 Å². The lowest BCUT2D eigenvalue weighted by Crippen LogP contribution is -2.16. The van der Waals surface area contributed by atoms with E-state index in [0.717, 1.165) is 0 Å². The van der Waals surface area contributed by atoms with Crippen molar-refractivity contribution in [2.24, 2.45) is 0 Å². The highest BCUT2D eigenvalue weighted by Gasteiger charge is 2.12. The molecule has 0 aliphatic rings. The van der Waals surface area contributed by atoms with Crippen LogP contribution in [0.25, 0.3) is 0 Å². The summed E-state index contributed by atoms with van der Waals surface area (Å²) < 4.78 is 29.8. The van der Waals surface area contributed by atoms with Gasteiger partial charge in [-0.1, -0.05) is 12.1 Å². The monoisotopic (exact) mass is 216 g/mol. The molecule has 4 heteroatoms. The van der Waals surface area contributed by atoms with Crippen LogP contribution in [0.5, 0.6) is 0 Å². The Hall–Kier alpha value is -0.740. The molecule has 0 aromatic heterocycles. The van der Waals surface area contributed by atoms with Gasteiger partial charge in [-0.25, -0.2) is 4.39 Å². The summed E-state index contributed by atoms with van der Waals surface area (Å²) in [7, 11) is 0.220. The average Bonchev–Trinajstić information content (AvgIpc) is 2.18. The summed E-state index contributed by atoms with van der Waals surface area (Å²) in [6.07, 6.45) is -0.129. The molecule has 0 radical (unpaired) electrons. The van der Waals surface area contributed by atoms with Gasteiger partial charge in [0.1, 0.15) is 5.82 Å². The van der Waals surface area contributed by atoms with Gasteiger partial charge in [0, 0.05) is 7.11 Å². The number of benzene rings is 1. The zero-order chi connectivity index (χ0) is 10.6. The Labute approximate surface area is 85.5 Å². The Kier molecular flexibility index (Phi) is 4.22. The summed E-state index contributed by atoms with van der Waals surface area (Å²) in [6.45, 7) is 1.80. The molecule has 2 nitrogen and oxygen atoms in total. The van der Waals surface area contributed by atoms with E-state index in [9.17, 15) is 8.60 Å². The van der Waals surface area contributed by atoms with E-state index in [1.807, 2.05) is 0 Å². The lowest BCUT2D eigenvalue weighted by molar-refractivity contribution is 0.137. The predicted octanol–water partition coefficient (Wildman–Crippen LogP) is 1.97. The molecule has 0 spiro atoms. The SMILES string of the molecule is COC(C)CS(=O)c1ccccc1F. The maximum atomic E-state index is 13.2. The van der Waals surface area contributed by atoms with Crippen molar-refractivity contribution in [1.82, 2.24) is 0 Å². The molecule has 0 aliphatic heterocycles. The second-order valence-corrected chi connectivity index (χ2v) is 4.45. The lowest BCUT2D eigenvalue weighted by atomic mass is 10.3. The van der Waals surface area contributed by atoms with Gasteiger partial charge in [-0.3, -0.25) is 4.21 Å². The molecule has 0 aliphatic carbocycles. The van der Waals surface area contributed by atoms with E-state index in [2.05, 4.69) is 0 Å². The molecule has 0 heterocycles. The van der Waals surface area contributed by atoms with Crippen LogP contribution in [0.4, 0.5) is 4.39 Å². The molecule has 1 aromatic rings. The molecular formula is C10H13FO2S. The fourth-order valence-corrected chi connectivity index (χ4v) is 2.26. The molecule has 0 N–H and O–H groups in total. The zero-order valence-electron chi connectivity index (χ0n) is 8.20. The van der Waals surface area contributed by atoms with E-state index in [4.69, 9.17) is 4.74 Å². The van der Waals surface area contributed by atoms with E-state index in [1.165, 1.54) is 12.1 Å². The highest BCUT2D eigenvalue weighted by atomic mass is 32.2. The third kappa shape index (κ3) is 2.89. The van der Waals surface area contributed by atoms with Gasteiger partial charge in [0.25, 0.3) is 0 Å². The summed E-state index contributed by atoms with van der Waals surface area (Å²) in [6, 6.07) is 6.10. The molecule has 2 unspecified atom stereocenters. The predicted molar refractivity (Wildman–Crippen MR) is 54.1 cm³/mol. The Morgan fingerprint density at radius 3 is 2.71 bits per heavy atom. The van der Waals surface area contributed by atoms with Gasteiger partial charge in [-0.15, -0.1) is 0 Å². The molecule has 78 valence electrons. The summed E-state index contributed by atoms with van der Waals surface area (Å²) >= 11 is 0. The van der Waals surface area contributed by atoms with Crippen molar-refractivity contribution in [1.29, 1.82) is 0 Å². The smallest absolute Gasteiger partial charge is 0.139 e. The summed E-state index contributed by atoms with van der Waals surface area (Å²) in [5.41, 5.74) is 0. The second kappa shape index (κ2) is 5.22. The summed E-state index contributed by atoms with van der Waals surface area (Å²) in [5, 5.41) is 0. The van der Waals surface area contributed by atoms with Crippen LogP contribution >= 0.6 is 0 Å². The number of hydrogen-bond donors (Lipinski definition) is 0. The Bertz CT molecular complexity index is 328. The van der Waals surface area contributed by atoms with E-state index in [-0.39, 0.29) is 11.0 Å². The minimum Gasteiger partial charge on any atom is -0.381 e. The molecule has 0 bridgehead atoms. The van der Waals surface area contributed by atoms with Crippen molar-refractivity contribution in [3.8, 4) is 0 Å². The highest BCUT2D eigenvalue weighted by Crippen LogP contribution is 2.12. The molecule has 0 saturated carbocycles. The number of ether oxygens (including phenoxy) is 1. The number of hydrogen-bond acceptors (Lipinski definition) is 2. The first-order valence-electron chi connectivity index (χ1n) is 4.31. The fraction of sp³-hybridized carbons (Fsp3) is 0.400. The first kappa shape index (κ1) is 11.3. The van der Waals surface area contributed by atoms with Crippen LogP contribution in [0, 0.1) is 5.82 Å². The number of rotatable bonds is 4. The molecular weight excluding hydrogens is 203 g/mol. The van der Waals surface area contributed by atoms with Crippen molar-refractivity contribution in [3.63, 3.8) is 0 Å².